The van der Waals surface area contributed by atoms with Crippen LogP contribution in [-0.2, 0) is 15.9 Å². The molecule has 0 amide bonds. The lowest BCUT2D eigenvalue weighted by Crippen LogP contribution is -2.26. The first-order chi connectivity index (χ1) is 12.8. The highest BCUT2D eigenvalue weighted by Gasteiger charge is 2.24. The number of hydrogen-bond acceptors (Lipinski definition) is 4. The molecule has 0 bridgehead atoms. The first-order valence-electron chi connectivity index (χ1n) is 10.1. The van der Waals surface area contributed by atoms with Crippen molar-refractivity contribution in [2.45, 2.75) is 65.1 Å². The molecule has 0 aliphatic carbocycles. The van der Waals surface area contributed by atoms with Gasteiger partial charge in [-0.15, -0.1) is 11.3 Å². The number of hydrogen-bond donors (Lipinski definition) is 0. The first kappa shape index (κ1) is 19.5. The number of ether oxygens (including phenoxy) is 2. The summed E-state index contributed by atoms with van der Waals surface area (Å²) in [5.41, 5.74) is 2.37. The number of unbranched alkanes of at least 4 members (excludes halogenated alkanes) is 3. The van der Waals surface area contributed by atoms with Gasteiger partial charge >= 0.3 is 0 Å². The number of aromatic nitrogens is 1. The summed E-state index contributed by atoms with van der Waals surface area (Å²) in [7, 11) is 0. The number of nitrogens with zero attached hydrogens (tertiary/aromatic N) is 1. The summed E-state index contributed by atoms with van der Waals surface area (Å²) in [5, 5.41) is 0. The molecule has 3 nitrogen and oxygen atoms in total. The van der Waals surface area contributed by atoms with E-state index in [-0.39, 0.29) is 6.29 Å². The zero-order valence-electron chi connectivity index (χ0n) is 16.1. The van der Waals surface area contributed by atoms with E-state index in [2.05, 4.69) is 43.1 Å². The van der Waals surface area contributed by atoms with E-state index >= 15 is 0 Å². The van der Waals surface area contributed by atoms with Gasteiger partial charge in [-0.1, -0.05) is 45.6 Å². The molecule has 1 aliphatic rings. The lowest BCUT2D eigenvalue weighted by Gasteiger charge is -2.28. The second-order valence-corrected chi connectivity index (χ2v) is 8.32. The van der Waals surface area contributed by atoms with Crippen LogP contribution in [0, 0.1) is 5.92 Å². The van der Waals surface area contributed by atoms with Crippen LogP contribution in [0.5, 0.6) is 0 Å². The molecule has 0 N–H and O–H groups in total. The minimum atomic E-state index is -0.201. The molecule has 1 saturated heterocycles. The van der Waals surface area contributed by atoms with Crippen molar-refractivity contribution in [1.29, 1.82) is 0 Å². The van der Waals surface area contributed by atoms with E-state index in [1.54, 1.807) is 11.3 Å². The highest BCUT2D eigenvalue weighted by atomic mass is 32.1. The fraction of sp³-hybridized carbons (Fsp3) is 0.591. The standard InChI is InChI=1S/C22H31NO2S/c1-3-5-7-9-19-11-10-18(14-23-19)20-12-13-21(26-20)22-24-15-17(16-25-22)8-6-4-2/h10-14,17,22H,3-9,15-16H2,1-2H3. The van der Waals surface area contributed by atoms with Crippen molar-refractivity contribution in [1.82, 2.24) is 4.98 Å². The fourth-order valence-corrected chi connectivity index (χ4v) is 4.27. The van der Waals surface area contributed by atoms with Crippen molar-refractivity contribution < 1.29 is 9.47 Å². The molecule has 0 atom stereocenters. The van der Waals surface area contributed by atoms with Gasteiger partial charge in [-0.05, 0) is 37.5 Å². The predicted molar refractivity (Wildman–Crippen MR) is 108 cm³/mol. The maximum Gasteiger partial charge on any atom is 0.193 e. The summed E-state index contributed by atoms with van der Waals surface area (Å²) in [4.78, 5) is 7.01. The normalized spacial score (nSPS) is 20.4. The van der Waals surface area contributed by atoms with Gasteiger partial charge in [0.1, 0.15) is 0 Å². The Balaban J connectivity index is 1.55. The van der Waals surface area contributed by atoms with E-state index in [1.165, 1.54) is 54.7 Å². The van der Waals surface area contributed by atoms with Crippen molar-refractivity contribution >= 4 is 11.3 Å². The maximum atomic E-state index is 5.97. The molecule has 142 valence electrons. The van der Waals surface area contributed by atoms with Crippen LogP contribution in [0.2, 0.25) is 0 Å². The third-order valence-electron chi connectivity index (χ3n) is 4.94. The molecule has 0 radical (unpaired) electrons. The van der Waals surface area contributed by atoms with Crippen molar-refractivity contribution in [3.63, 3.8) is 0 Å². The third-order valence-corrected chi connectivity index (χ3v) is 6.09. The van der Waals surface area contributed by atoms with Crippen LogP contribution >= 0.6 is 11.3 Å². The number of pyridine rings is 1. The third kappa shape index (κ3) is 5.38. The summed E-state index contributed by atoms with van der Waals surface area (Å²) in [6.07, 6.45) is 10.3. The summed E-state index contributed by atoms with van der Waals surface area (Å²) in [5.74, 6) is 0.551. The highest BCUT2D eigenvalue weighted by molar-refractivity contribution is 7.15. The molecule has 1 fully saturated rings. The van der Waals surface area contributed by atoms with Crippen LogP contribution in [0.3, 0.4) is 0 Å². The fourth-order valence-electron chi connectivity index (χ4n) is 3.28. The molecule has 2 aromatic heterocycles. The van der Waals surface area contributed by atoms with Gasteiger partial charge in [0.25, 0.3) is 0 Å². The monoisotopic (exact) mass is 373 g/mol. The Kier molecular flexibility index (Phi) is 7.66. The van der Waals surface area contributed by atoms with Crippen molar-refractivity contribution in [2.75, 3.05) is 13.2 Å². The molecule has 0 saturated carbocycles. The molecule has 3 rings (SSSR count). The molecule has 0 unspecified atom stereocenters. The van der Waals surface area contributed by atoms with Crippen molar-refractivity contribution in [3.8, 4) is 10.4 Å². The first-order valence-corrected chi connectivity index (χ1v) is 10.9. The number of rotatable bonds is 9. The second-order valence-electron chi connectivity index (χ2n) is 7.20. The lowest BCUT2D eigenvalue weighted by molar-refractivity contribution is -0.204. The second kappa shape index (κ2) is 10.2. The van der Waals surface area contributed by atoms with Gasteiger partial charge in [-0.3, -0.25) is 4.98 Å². The Morgan fingerprint density at radius 1 is 1.00 bits per heavy atom. The Labute approximate surface area is 161 Å². The smallest absolute Gasteiger partial charge is 0.193 e. The van der Waals surface area contributed by atoms with E-state index in [4.69, 9.17) is 9.47 Å². The molecular formula is C22H31NO2S. The van der Waals surface area contributed by atoms with Crippen LogP contribution in [0.4, 0.5) is 0 Å². The number of thiophene rings is 1. The Bertz CT molecular complexity index is 644. The van der Waals surface area contributed by atoms with Crippen LogP contribution in [0.25, 0.3) is 10.4 Å². The summed E-state index contributed by atoms with van der Waals surface area (Å²) in [6, 6.07) is 8.64. The van der Waals surface area contributed by atoms with Gasteiger partial charge in [0, 0.05) is 28.2 Å². The topological polar surface area (TPSA) is 31.4 Å². The zero-order valence-corrected chi connectivity index (χ0v) is 16.9. The molecule has 0 spiro atoms. The van der Waals surface area contributed by atoms with Crippen LogP contribution < -0.4 is 0 Å². The summed E-state index contributed by atoms with van der Waals surface area (Å²) in [6.45, 7) is 6.08. The van der Waals surface area contributed by atoms with Gasteiger partial charge < -0.3 is 9.47 Å². The molecule has 0 aromatic carbocycles. The van der Waals surface area contributed by atoms with Gasteiger partial charge in [0.2, 0.25) is 0 Å². The molecule has 1 aliphatic heterocycles. The highest BCUT2D eigenvalue weighted by Crippen LogP contribution is 2.35. The van der Waals surface area contributed by atoms with Crippen LogP contribution in [0.1, 0.15) is 69.2 Å². The maximum absolute atomic E-state index is 5.97. The molecule has 2 aromatic rings. The molecule has 4 heteroatoms. The average molecular weight is 374 g/mol. The van der Waals surface area contributed by atoms with Crippen molar-refractivity contribution in [2.24, 2.45) is 5.92 Å². The molecule has 3 heterocycles. The van der Waals surface area contributed by atoms with E-state index < -0.39 is 0 Å². The van der Waals surface area contributed by atoms with E-state index in [0.29, 0.717) is 5.92 Å². The minimum Gasteiger partial charge on any atom is -0.347 e. The minimum absolute atomic E-state index is 0.201. The largest absolute Gasteiger partial charge is 0.347 e. The SMILES string of the molecule is CCCCCc1ccc(-c2ccc(C3OCC(CCCC)CO3)s2)cn1. The predicted octanol–water partition coefficient (Wildman–Crippen LogP) is 6.39. The summed E-state index contributed by atoms with van der Waals surface area (Å²) < 4.78 is 11.9. The van der Waals surface area contributed by atoms with Crippen molar-refractivity contribution in [3.05, 3.63) is 41.0 Å². The number of aryl methyl sites for hydroxylation is 1. The van der Waals surface area contributed by atoms with Gasteiger partial charge in [-0.25, -0.2) is 0 Å². The van der Waals surface area contributed by atoms with E-state index in [0.717, 1.165) is 24.5 Å². The Morgan fingerprint density at radius 3 is 2.50 bits per heavy atom. The quantitative estimate of drug-likeness (QED) is 0.477. The molecular weight excluding hydrogens is 342 g/mol. The Morgan fingerprint density at radius 2 is 1.81 bits per heavy atom. The van der Waals surface area contributed by atoms with E-state index in [9.17, 15) is 0 Å². The lowest BCUT2D eigenvalue weighted by atomic mass is 10.0. The van der Waals surface area contributed by atoms with Crippen LogP contribution in [-0.4, -0.2) is 18.2 Å². The van der Waals surface area contributed by atoms with Gasteiger partial charge in [-0.2, -0.15) is 0 Å². The van der Waals surface area contributed by atoms with E-state index in [1.807, 2.05) is 6.20 Å². The Hall–Kier alpha value is -1.23. The zero-order chi connectivity index (χ0) is 18.2. The van der Waals surface area contributed by atoms with Gasteiger partial charge in [0.15, 0.2) is 6.29 Å². The van der Waals surface area contributed by atoms with Gasteiger partial charge in [0.05, 0.1) is 18.1 Å². The van der Waals surface area contributed by atoms with Crippen LogP contribution in [0.15, 0.2) is 30.5 Å². The average Bonchev–Trinajstić information content (AvgIpc) is 3.18. The summed E-state index contributed by atoms with van der Waals surface area (Å²) >= 11 is 1.75. The molecule has 26 heavy (non-hydrogen) atoms.